The zero-order chi connectivity index (χ0) is 13.6. The van der Waals surface area contributed by atoms with Crippen LogP contribution in [0.3, 0.4) is 0 Å². The van der Waals surface area contributed by atoms with Crippen LogP contribution in [0.2, 0.25) is 0 Å². The van der Waals surface area contributed by atoms with E-state index in [1.807, 2.05) is 20.0 Å². The molecule has 0 saturated carbocycles. The highest BCUT2D eigenvalue weighted by molar-refractivity contribution is 5.92. The van der Waals surface area contributed by atoms with E-state index in [-0.39, 0.29) is 5.91 Å². The monoisotopic (exact) mass is 262 g/mol. The van der Waals surface area contributed by atoms with Gasteiger partial charge in [-0.05, 0) is 45.7 Å². The van der Waals surface area contributed by atoms with E-state index in [1.165, 1.54) is 12.8 Å². The fourth-order valence-electron chi connectivity index (χ4n) is 3.46. The Labute approximate surface area is 114 Å². The first-order valence-corrected chi connectivity index (χ1v) is 7.08. The van der Waals surface area contributed by atoms with Gasteiger partial charge in [0.05, 0.1) is 0 Å². The van der Waals surface area contributed by atoms with Crippen molar-refractivity contribution >= 4 is 5.91 Å². The van der Waals surface area contributed by atoms with Gasteiger partial charge in [0.15, 0.2) is 0 Å². The number of amides is 1. The third-order valence-corrected chi connectivity index (χ3v) is 4.78. The molecule has 2 unspecified atom stereocenters. The van der Waals surface area contributed by atoms with Crippen LogP contribution in [0.1, 0.15) is 41.9 Å². The van der Waals surface area contributed by atoms with Crippen molar-refractivity contribution in [2.75, 3.05) is 7.05 Å². The molecule has 0 radical (unpaired) electrons. The number of hydrogen-bond donors (Lipinski definition) is 1. The summed E-state index contributed by atoms with van der Waals surface area (Å²) >= 11 is 0. The minimum absolute atomic E-state index is 0.0300. The van der Waals surface area contributed by atoms with Crippen molar-refractivity contribution in [2.24, 2.45) is 7.05 Å². The Morgan fingerprint density at radius 3 is 2.47 bits per heavy atom. The van der Waals surface area contributed by atoms with E-state index in [0.29, 0.717) is 23.8 Å². The Kier molecular flexibility index (Phi) is 3.09. The molecule has 3 rings (SSSR count). The second kappa shape index (κ2) is 4.63. The molecule has 1 aromatic heterocycles. The van der Waals surface area contributed by atoms with E-state index in [4.69, 9.17) is 0 Å². The summed E-state index contributed by atoms with van der Waals surface area (Å²) in [5.41, 5.74) is 1.54. The molecule has 2 aliphatic rings. The van der Waals surface area contributed by atoms with E-state index in [2.05, 4.69) is 22.4 Å². The average molecular weight is 262 g/mol. The van der Waals surface area contributed by atoms with Crippen molar-refractivity contribution < 1.29 is 4.79 Å². The summed E-state index contributed by atoms with van der Waals surface area (Å²) in [6.45, 7) is 1.96. The molecule has 0 aromatic carbocycles. The molecule has 1 N–H and O–H groups in total. The van der Waals surface area contributed by atoms with Crippen LogP contribution in [0.15, 0.2) is 6.07 Å². The third kappa shape index (κ3) is 2.27. The number of aromatic nitrogens is 2. The highest BCUT2D eigenvalue weighted by Gasteiger charge is 2.38. The summed E-state index contributed by atoms with van der Waals surface area (Å²) in [4.78, 5) is 14.7. The Morgan fingerprint density at radius 1 is 1.32 bits per heavy atom. The van der Waals surface area contributed by atoms with Crippen LogP contribution in [0.5, 0.6) is 0 Å². The highest BCUT2D eigenvalue weighted by atomic mass is 16.2. The number of carbonyl (C=O) groups excluding carboxylic acids is 1. The first-order chi connectivity index (χ1) is 9.04. The Bertz CT molecular complexity index is 462. The Balaban J connectivity index is 1.64. The zero-order valence-corrected chi connectivity index (χ0v) is 11.9. The van der Waals surface area contributed by atoms with Gasteiger partial charge in [0.25, 0.3) is 5.91 Å². The summed E-state index contributed by atoms with van der Waals surface area (Å²) in [7, 11) is 4.07. The van der Waals surface area contributed by atoms with Gasteiger partial charge < -0.3 is 10.2 Å². The van der Waals surface area contributed by atoms with Gasteiger partial charge in [0.1, 0.15) is 5.69 Å². The van der Waals surface area contributed by atoms with Crippen molar-refractivity contribution in [1.82, 2.24) is 20.0 Å². The van der Waals surface area contributed by atoms with Gasteiger partial charge in [-0.15, -0.1) is 0 Å². The van der Waals surface area contributed by atoms with Crippen molar-refractivity contribution in [1.29, 1.82) is 0 Å². The van der Waals surface area contributed by atoms with Crippen molar-refractivity contribution in [2.45, 2.75) is 50.7 Å². The first kappa shape index (κ1) is 12.7. The van der Waals surface area contributed by atoms with Gasteiger partial charge in [-0.1, -0.05) is 0 Å². The van der Waals surface area contributed by atoms with Crippen LogP contribution in [0.25, 0.3) is 0 Å². The predicted octanol–water partition coefficient (Wildman–Crippen LogP) is 1.08. The lowest BCUT2D eigenvalue weighted by atomic mass is 9.98. The molecule has 2 saturated heterocycles. The maximum atomic E-state index is 12.2. The molecule has 5 nitrogen and oxygen atoms in total. The first-order valence-electron chi connectivity index (χ1n) is 7.08. The van der Waals surface area contributed by atoms with Crippen LogP contribution >= 0.6 is 0 Å². The molecule has 1 amide bonds. The van der Waals surface area contributed by atoms with E-state index in [1.54, 1.807) is 4.68 Å². The van der Waals surface area contributed by atoms with Crippen molar-refractivity contribution in [3.05, 3.63) is 17.5 Å². The highest BCUT2D eigenvalue weighted by Crippen LogP contribution is 2.34. The lowest BCUT2D eigenvalue weighted by Gasteiger charge is -2.36. The zero-order valence-electron chi connectivity index (χ0n) is 11.9. The maximum Gasteiger partial charge on any atom is 0.272 e. The number of rotatable bonds is 2. The number of nitrogens with zero attached hydrogens (tertiary/aromatic N) is 3. The molecule has 3 heterocycles. The SMILES string of the molecule is Cc1cc(C(=O)NC2CC3CCC(C2)N3C)nn1C. The average Bonchev–Trinajstić information content (AvgIpc) is 2.78. The molecular weight excluding hydrogens is 240 g/mol. The van der Waals surface area contributed by atoms with E-state index in [9.17, 15) is 4.79 Å². The maximum absolute atomic E-state index is 12.2. The molecule has 5 heteroatoms. The summed E-state index contributed by atoms with van der Waals surface area (Å²) in [6, 6.07) is 3.45. The minimum atomic E-state index is -0.0300. The second-order valence-corrected chi connectivity index (χ2v) is 5.99. The molecule has 19 heavy (non-hydrogen) atoms. The molecule has 0 aliphatic carbocycles. The Hall–Kier alpha value is -1.36. The number of piperidine rings is 1. The van der Waals surface area contributed by atoms with Gasteiger partial charge in [0, 0.05) is 30.9 Å². The van der Waals surface area contributed by atoms with Crippen molar-refractivity contribution in [3.63, 3.8) is 0 Å². The molecule has 2 bridgehead atoms. The fraction of sp³-hybridized carbons (Fsp3) is 0.714. The van der Waals surface area contributed by atoms with E-state index < -0.39 is 0 Å². The number of aryl methyl sites for hydroxylation is 2. The second-order valence-electron chi connectivity index (χ2n) is 5.99. The van der Waals surface area contributed by atoms with Gasteiger partial charge >= 0.3 is 0 Å². The van der Waals surface area contributed by atoms with Gasteiger partial charge in [-0.25, -0.2) is 0 Å². The smallest absolute Gasteiger partial charge is 0.272 e. The summed E-state index contributed by atoms with van der Waals surface area (Å²) < 4.78 is 1.74. The number of nitrogens with one attached hydrogen (secondary N) is 1. The van der Waals surface area contributed by atoms with Gasteiger partial charge in [0.2, 0.25) is 0 Å². The molecule has 1 aromatic rings. The summed E-state index contributed by atoms with van der Waals surface area (Å²) in [5, 5.41) is 7.39. The number of carbonyl (C=O) groups is 1. The minimum Gasteiger partial charge on any atom is -0.348 e. The van der Waals surface area contributed by atoms with E-state index >= 15 is 0 Å². The van der Waals surface area contributed by atoms with Crippen LogP contribution in [0.4, 0.5) is 0 Å². The van der Waals surface area contributed by atoms with Crippen LogP contribution in [-0.2, 0) is 7.05 Å². The molecule has 2 aliphatic heterocycles. The number of fused-ring (bicyclic) bond motifs is 2. The van der Waals surface area contributed by atoms with Gasteiger partial charge in [-0.2, -0.15) is 5.10 Å². The molecule has 2 fully saturated rings. The standard InChI is InChI=1S/C14H22N4O/c1-9-6-13(16-18(9)3)14(19)15-10-7-11-4-5-12(8-10)17(11)2/h6,10-12H,4-5,7-8H2,1-3H3,(H,15,19). The molecule has 2 atom stereocenters. The topological polar surface area (TPSA) is 50.2 Å². The predicted molar refractivity (Wildman–Crippen MR) is 73.0 cm³/mol. The third-order valence-electron chi connectivity index (χ3n) is 4.78. The number of hydrogen-bond acceptors (Lipinski definition) is 3. The summed E-state index contributed by atoms with van der Waals surface area (Å²) in [5.74, 6) is -0.0300. The normalized spacial score (nSPS) is 30.6. The lowest BCUT2D eigenvalue weighted by molar-refractivity contribution is 0.0877. The largest absolute Gasteiger partial charge is 0.348 e. The van der Waals surface area contributed by atoms with Crippen LogP contribution in [-0.4, -0.2) is 45.8 Å². The lowest BCUT2D eigenvalue weighted by Crippen LogP contribution is -2.48. The fourth-order valence-corrected chi connectivity index (χ4v) is 3.46. The molecular formula is C14H22N4O. The quantitative estimate of drug-likeness (QED) is 0.868. The van der Waals surface area contributed by atoms with Crippen molar-refractivity contribution in [3.8, 4) is 0 Å². The van der Waals surface area contributed by atoms with Crippen LogP contribution < -0.4 is 5.32 Å². The summed E-state index contributed by atoms with van der Waals surface area (Å²) in [6.07, 6.45) is 4.70. The molecule has 0 spiro atoms. The molecule has 104 valence electrons. The van der Waals surface area contributed by atoms with Crippen LogP contribution in [0, 0.1) is 6.92 Å². The Morgan fingerprint density at radius 2 is 1.95 bits per heavy atom. The van der Waals surface area contributed by atoms with Gasteiger partial charge in [-0.3, -0.25) is 9.48 Å². The van der Waals surface area contributed by atoms with E-state index in [0.717, 1.165) is 18.5 Å².